The normalized spacial score (nSPS) is 27.9. The Kier molecular flexibility index (Phi) is 5.45. The quantitative estimate of drug-likeness (QED) is 0.662. The Hall–Kier alpha value is -0.120. The van der Waals surface area contributed by atoms with Crippen LogP contribution in [0.4, 0.5) is 0 Å². The van der Waals surface area contributed by atoms with Gasteiger partial charge in [-0.05, 0) is 26.2 Å². The van der Waals surface area contributed by atoms with E-state index in [2.05, 4.69) is 19.2 Å². The van der Waals surface area contributed by atoms with E-state index in [1.165, 1.54) is 12.8 Å². The molecule has 14 heavy (non-hydrogen) atoms. The van der Waals surface area contributed by atoms with Gasteiger partial charge in [0.15, 0.2) is 0 Å². The Morgan fingerprint density at radius 1 is 1.43 bits per heavy atom. The minimum atomic E-state index is 0.174. The molecule has 0 saturated carbocycles. The summed E-state index contributed by atoms with van der Waals surface area (Å²) in [6.07, 6.45) is 3.47. The van der Waals surface area contributed by atoms with Crippen LogP contribution < -0.4 is 5.32 Å². The van der Waals surface area contributed by atoms with Gasteiger partial charge in [-0.15, -0.1) is 0 Å². The Morgan fingerprint density at radius 2 is 2.29 bits per heavy atom. The van der Waals surface area contributed by atoms with Crippen molar-refractivity contribution in [1.82, 2.24) is 5.32 Å². The largest absolute Gasteiger partial charge is 0.380 e. The Morgan fingerprint density at radius 3 is 2.93 bits per heavy atom. The number of rotatable bonds is 6. The van der Waals surface area contributed by atoms with Gasteiger partial charge in [0.05, 0.1) is 13.2 Å². The van der Waals surface area contributed by atoms with E-state index < -0.39 is 0 Å². The van der Waals surface area contributed by atoms with Crippen molar-refractivity contribution in [2.75, 3.05) is 33.0 Å². The number of nitrogens with one attached hydrogen (secondary N) is 1. The van der Waals surface area contributed by atoms with Crippen LogP contribution in [0.3, 0.4) is 0 Å². The van der Waals surface area contributed by atoms with E-state index in [0.29, 0.717) is 0 Å². The maximum atomic E-state index is 5.46. The molecule has 1 rings (SSSR count). The van der Waals surface area contributed by atoms with Gasteiger partial charge in [-0.1, -0.05) is 6.92 Å². The predicted molar refractivity (Wildman–Crippen MR) is 57.6 cm³/mol. The van der Waals surface area contributed by atoms with Gasteiger partial charge >= 0.3 is 0 Å². The summed E-state index contributed by atoms with van der Waals surface area (Å²) in [5.74, 6) is 0. The molecule has 84 valence electrons. The zero-order chi connectivity index (χ0) is 10.3. The third-order valence-electron chi connectivity index (χ3n) is 2.58. The van der Waals surface area contributed by atoms with Crippen LogP contribution in [-0.2, 0) is 9.47 Å². The molecule has 1 aliphatic heterocycles. The van der Waals surface area contributed by atoms with Crippen molar-refractivity contribution in [2.45, 2.75) is 38.6 Å². The molecule has 3 heteroatoms. The van der Waals surface area contributed by atoms with Crippen LogP contribution in [0.5, 0.6) is 0 Å². The Labute approximate surface area is 87.2 Å². The highest BCUT2D eigenvalue weighted by Gasteiger charge is 2.26. The molecule has 0 spiro atoms. The summed E-state index contributed by atoms with van der Waals surface area (Å²) in [7, 11) is 0. The van der Waals surface area contributed by atoms with Crippen molar-refractivity contribution in [1.29, 1.82) is 0 Å². The second-order valence-electron chi connectivity index (χ2n) is 4.26. The molecule has 0 aromatic carbocycles. The van der Waals surface area contributed by atoms with Gasteiger partial charge < -0.3 is 14.8 Å². The first kappa shape index (κ1) is 12.0. The zero-order valence-electron chi connectivity index (χ0n) is 9.47. The molecule has 1 fully saturated rings. The van der Waals surface area contributed by atoms with Crippen molar-refractivity contribution in [3.63, 3.8) is 0 Å². The van der Waals surface area contributed by atoms with E-state index in [4.69, 9.17) is 9.47 Å². The lowest BCUT2D eigenvalue weighted by Gasteiger charge is -2.34. The van der Waals surface area contributed by atoms with E-state index >= 15 is 0 Å². The lowest BCUT2D eigenvalue weighted by atomic mass is 9.95. The van der Waals surface area contributed by atoms with Gasteiger partial charge in [0.2, 0.25) is 0 Å². The van der Waals surface area contributed by atoms with Crippen LogP contribution in [0, 0.1) is 0 Å². The Balaban J connectivity index is 2.03. The van der Waals surface area contributed by atoms with Gasteiger partial charge in [0.1, 0.15) is 0 Å². The Bertz CT molecular complexity index is 144. The lowest BCUT2D eigenvalue weighted by molar-refractivity contribution is 0.0239. The highest BCUT2D eigenvalue weighted by atomic mass is 16.5. The van der Waals surface area contributed by atoms with E-state index in [9.17, 15) is 0 Å². The summed E-state index contributed by atoms with van der Waals surface area (Å²) >= 11 is 0. The van der Waals surface area contributed by atoms with Crippen LogP contribution in [0.2, 0.25) is 0 Å². The molecule has 1 N–H and O–H groups in total. The molecule has 1 saturated heterocycles. The highest BCUT2D eigenvalue weighted by Crippen LogP contribution is 2.17. The van der Waals surface area contributed by atoms with Gasteiger partial charge in [-0.25, -0.2) is 0 Å². The molecule has 0 radical (unpaired) electrons. The van der Waals surface area contributed by atoms with Crippen molar-refractivity contribution in [3.05, 3.63) is 0 Å². The standard InChI is InChI=1S/C11H23NO2/c1-3-7-13-9-6-12-11(2)5-4-8-14-10-11/h12H,3-10H2,1-2H3. The third kappa shape index (κ3) is 4.40. The molecule has 1 heterocycles. The first-order chi connectivity index (χ1) is 6.77. The van der Waals surface area contributed by atoms with E-state index in [1.807, 2.05) is 0 Å². The second-order valence-corrected chi connectivity index (χ2v) is 4.26. The number of ether oxygens (including phenoxy) is 2. The first-order valence-corrected chi connectivity index (χ1v) is 5.67. The van der Waals surface area contributed by atoms with Gasteiger partial charge in [0.25, 0.3) is 0 Å². The van der Waals surface area contributed by atoms with Crippen molar-refractivity contribution >= 4 is 0 Å². The molecular formula is C11H23NO2. The summed E-state index contributed by atoms with van der Waals surface area (Å²) in [6.45, 7) is 8.72. The maximum absolute atomic E-state index is 5.46. The van der Waals surface area contributed by atoms with Gasteiger partial charge in [-0.2, -0.15) is 0 Å². The number of hydrogen-bond donors (Lipinski definition) is 1. The van der Waals surface area contributed by atoms with Crippen LogP contribution >= 0.6 is 0 Å². The topological polar surface area (TPSA) is 30.5 Å². The summed E-state index contributed by atoms with van der Waals surface area (Å²) in [4.78, 5) is 0. The fourth-order valence-corrected chi connectivity index (χ4v) is 1.74. The SMILES string of the molecule is CCCOCCNC1(C)CCCOC1. The highest BCUT2D eigenvalue weighted by molar-refractivity contribution is 4.84. The van der Waals surface area contributed by atoms with E-state index in [0.717, 1.165) is 39.4 Å². The maximum Gasteiger partial charge on any atom is 0.0645 e. The third-order valence-corrected chi connectivity index (χ3v) is 2.58. The average Bonchev–Trinajstić information content (AvgIpc) is 2.18. The molecule has 0 bridgehead atoms. The molecule has 1 unspecified atom stereocenters. The molecule has 0 aromatic heterocycles. The van der Waals surface area contributed by atoms with Crippen LogP contribution in [-0.4, -0.2) is 38.5 Å². The first-order valence-electron chi connectivity index (χ1n) is 5.67. The van der Waals surface area contributed by atoms with Crippen LogP contribution in [0.25, 0.3) is 0 Å². The zero-order valence-corrected chi connectivity index (χ0v) is 9.47. The summed E-state index contributed by atoms with van der Waals surface area (Å²) in [6, 6.07) is 0. The van der Waals surface area contributed by atoms with Crippen molar-refractivity contribution in [3.8, 4) is 0 Å². The molecule has 0 aliphatic carbocycles. The summed E-state index contributed by atoms with van der Waals surface area (Å²) in [5.41, 5.74) is 0.174. The van der Waals surface area contributed by atoms with E-state index in [-0.39, 0.29) is 5.54 Å². The average molecular weight is 201 g/mol. The van der Waals surface area contributed by atoms with E-state index in [1.54, 1.807) is 0 Å². The summed E-state index contributed by atoms with van der Waals surface area (Å²) in [5, 5.41) is 3.51. The summed E-state index contributed by atoms with van der Waals surface area (Å²) < 4.78 is 10.9. The molecule has 1 atom stereocenters. The molecule has 3 nitrogen and oxygen atoms in total. The fraction of sp³-hybridized carbons (Fsp3) is 1.00. The molecule has 1 aliphatic rings. The minimum absolute atomic E-state index is 0.174. The number of hydrogen-bond acceptors (Lipinski definition) is 3. The van der Waals surface area contributed by atoms with Gasteiger partial charge in [-0.3, -0.25) is 0 Å². The second kappa shape index (κ2) is 6.38. The monoisotopic (exact) mass is 201 g/mol. The predicted octanol–water partition coefficient (Wildman–Crippen LogP) is 1.57. The van der Waals surface area contributed by atoms with Crippen LogP contribution in [0.1, 0.15) is 33.1 Å². The molecule has 0 amide bonds. The smallest absolute Gasteiger partial charge is 0.0645 e. The van der Waals surface area contributed by atoms with Crippen molar-refractivity contribution in [2.24, 2.45) is 0 Å². The van der Waals surface area contributed by atoms with Crippen molar-refractivity contribution < 1.29 is 9.47 Å². The molecule has 0 aromatic rings. The van der Waals surface area contributed by atoms with Crippen LogP contribution in [0.15, 0.2) is 0 Å². The molecular weight excluding hydrogens is 178 g/mol. The fourth-order valence-electron chi connectivity index (χ4n) is 1.74. The van der Waals surface area contributed by atoms with Gasteiger partial charge in [0, 0.05) is 25.3 Å². The lowest BCUT2D eigenvalue weighted by Crippen LogP contribution is -2.50. The minimum Gasteiger partial charge on any atom is -0.380 e.